The maximum absolute atomic E-state index is 13.4. The number of rotatable bonds is 4. The number of halogens is 1. The third kappa shape index (κ3) is 3.01. The molecule has 4 rings (SSSR count). The van der Waals surface area contributed by atoms with Gasteiger partial charge in [-0.05, 0) is 31.2 Å². The number of aromatic nitrogens is 4. The quantitative estimate of drug-likeness (QED) is 0.720. The molecule has 132 valence electrons. The monoisotopic (exact) mass is 353 g/mol. The van der Waals surface area contributed by atoms with Crippen molar-refractivity contribution in [3.63, 3.8) is 0 Å². The average molecular weight is 353 g/mol. The van der Waals surface area contributed by atoms with Crippen LogP contribution in [0.3, 0.4) is 0 Å². The van der Waals surface area contributed by atoms with E-state index in [1.807, 2.05) is 6.07 Å². The van der Waals surface area contributed by atoms with Crippen LogP contribution in [0, 0.1) is 12.7 Å². The predicted octanol–water partition coefficient (Wildman–Crippen LogP) is 2.36. The highest BCUT2D eigenvalue weighted by molar-refractivity contribution is 6.05. The number of amides is 1. The van der Waals surface area contributed by atoms with Crippen LogP contribution < -0.4 is 9.64 Å². The lowest BCUT2D eigenvalue weighted by Crippen LogP contribution is -2.41. The number of fused-ring (bicyclic) bond motifs is 1. The zero-order valence-electron chi connectivity index (χ0n) is 14.1. The summed E-state index contributed by atoms with van der Waals surface area (Å²) < 4.78 is 20.7. The Morgan fingerprint density at radius 3 is 2.88 bits per heavy atom. The van der Waals surface area contributed by atoms with Gasteiger partial charge in [0.25, 0.3) is 5.91 Å². The molecule has 0 atom stereocenters. The topological polar surface area (TPSA) is 73.1 Å². The second-order valence-electron chi connectivity index (χ2n) is 5.89. The molecule has 3 aromatic heterocycles. The van der Waals surface area contributed by atoms with E-state index in [1.165, 1.54) is 17.0 Å². The minimum absolute atomic E-state index is 0.216. The summed E-state index contributed by atoms with van der Waals surface area (Å²) in [5.74, 6) is 0.327. The Hall–Kier alpha value is -3.29. The number of carbonyl (C=O) groups is 1. The molecule has 7 nitrogen and oxygen atoms in total. The molecule has 1 aliphatic heterocycles. The molecule has 0 aliphatic carbocycles. The number of pyridine rings is 2. The standard InChI is InChI=1S/C18H16FN5O2/c1-12-14(19)5-6-16(21-12)23-8-9-24-15(18(23)25)10-13(22-24)11-26-17-4-2-3-7-20-17/h2-7,10H,8-9,11H2,1H3. The number of nitrogens with zero attached hydrogens (tertiary/aromatic N) is 5. The summed E-state index contributed by atoms with van der Waals surface area (Å²) >= 11 is 0. The van der Waals surface area contributed by atoms with Gasteiger partial charge in [0, 0.05) is 18.8 Å². The van der Waals surface area contributed by atoms with Crippen molar-refractivity contribution in [1.82, 2.24) is 19.7 Å². The molecular formula is C18H16FN5O2. The van der Waals surface area contributed by atoms with E-state index in [9.17, 15) is 9.18 Å². The van der Waals surface area contributed by atoms with Crippen molar-refractivity contribution in [3.05, 3.63) is 65.5 Å². The molecule has 0 fully saturated rings. The second kappa shape index (κ2) is 6.55. The summed E-state index contributed by atoms with van der Waals surface area (Å²) in [6.45, 7) is 2.75. The molecule has 0 saturated carbocycles. The average Bonchev–Trinajstić information content (AvgIpc) is 3.08. The van der Waals surface area contributed by atoms with E-state index in [0.29, 0.717) is 36.2 Å². The highest BCUT2D eigenvalue weighted by Gasteiger charge is 2.28. The Labute approximate surface area is 149 Å². The van der Waals surface area contributed by atoms with E-state index in [4.69, 9.17) is 4.74 Å². The minimum atomic E-state index is -0.391. The van der Waals surface area contributed by atoms with Gasteiger partial charge >= 0.3 is 0 Å². The van der Waals surface area contributed by atoms with Crippen LogP contribution in [0.4, 0.5) is 10.2 Å². The van der Waals surface area contributed by atoms with Gasteiger partial charge < -0.3 is 4.74 Å². The maximum atomic E-state index is 13.4. The fourth-order valence-corrected chi connectivity index (χ4v) is 2.80. The molecule has 0 aromatic carbocycles. The van der Waals surface area contributed by atoms with Gasteiger partial charge in [-0.15, -0.1) is 0 Å². The zero-order chi connectivity index (χ0) is 18.1. The van der Waals surface area contributed by atoms with E-state index in [1.54, 1.807) is 36.0 Å². The van der Waals surface area contributed by atoms with Crippen molar-refractivity contribution < 1.29 is 13.9 Å². The summed E-state index contributed by atoms with van der Waals surface area (Å²) in [6, 6.07) is 9.93. The van der Waals surface area contributed by atoms with Crippen LogP contribution in [0.1, 0.15) is 21.9 Å². The summed E-state index contributed by atoms with van der Waals surface area (Å²) in [4.78, 5) is 22.6. The Balaban J connectivity index is 1.53. The Morgan fingerprint density at radius 1 is 1.23 bits per heavy atom. The van der Waals surface area contributed by atoms with Crippen LogP contribution in [0.25, 0.3) is 0 Å². The fraction of sp³-hybridized carbons (Fsp3) is 0.222. The molecule has 0 spiro atoms. The lowest BCUT2D eigenvalue weighted by Gasteiger charge is -2.26. The van der Waals surface area contributed by atoms with Crippen LogP contribution in [0.2, 0.25) is 0 Å². The number of hydrogen-bond donors (Lipinski definition) is 0. The maximum Gasteiger partial charge on any atom is 0.277 e. The minimum Gasteiger partial charge on any atom is -0.471 e. The smallest absolute Gasteiger partial charge is 0.277 e. The number of carbonyl (C=O) groups excluding carboxylic acids is 1. The molecule has 8 heteroatoms. The first-order valence-corrected chi connectivity index (χ1v) is 8.17. The Kier molecular flexibility index (Phi) is 4.08. The first kappa shape index (κ1) is 16.2. The van der Waals surface area contributed by atoms with Crippen molar-refractivity contribution in [2.45, 2.75) is 20.1 Å². The van der Waals surface area contributed by atoms with Crippen LogP contribution in [0.5, 0.6) is 5.88 Å². The second-order valence-corrected chi connectivity index (χ2v) is 5.89. The first-order valence-electron chi connectivity index (χ1n) is 8.17. The van der Waals surface area contributed by atoms with Gasteiger partial charge in [-0.1, -0.05) is 6.07 Å². The largest absolute Gasteiger partial charge is 0.471 e. The zero-order valence-corrected chi connectivity index (χ0v) is 14.1. The predicted molar refractivity (Wildman–Crippen MR) is 91.4 cm³/mol. The van der Waals surface area contributed by atoms with E-state index in [0.717, 1.165) is 0 Å². The van der Waals surface area contributed by atoms with Gasteiger partial charge in [0.1, 0.15) is 29.6 Å². The van der Waals surface area contributed by atoms with E-state index in [-0.39, 0.29) is 18.2 Å². The summed E-state index contributed by atoms with van der Waals surface area (Å²) in [7, 11) is 0. The molecule has 0 radical (unpaired) electrons. The number of ether oxygens (including phenoxy) is 1. The Morgan fingerprint density at radius 2 is 2.12 bits per heavy atom. The molecule has 1 aliphatic rings. The van der Waals surface area contributed by atoms with Gasteiger partial charge in [-0.2, -0.15) is 5.10 Å². The summed E-state index contributed by atoms with van der Waals surface area (Å²) in [5.41, 5.74) is 1.36. The molecule has 4 heterocycles. The van der Waals surface area contributed by atoms with Gasteiger partial charge in [0.2, 0.25) is 5.88 Å². The SMILES string of the molecule is Cc1nc(N2CCn3nc(COc4ccccn4)cc3C2=O)ccc1F. The van der Waals surface area contributed by atoms with Crippen LogP contribution in [-0.4, -0.2) is 32.2 Å². The van der Waals surface area contributed by atoms with E-state index >= 15 is 0 Å². The lowest BCUT2D eigenvalue weighted by molar-refractivity contribution is 0.0961. The number of anilines is 1. The third-order valence-corrected chi connectivity index (χ3v) is 4.12. The van der Waals surface area contributed by atoms with Gasteiger partial charge in [0.05, 0.1) is 12.2 Å². The van der Waals surface area contributed by atoms with Crippen molar-refractivity contribution in [1.29, 1.82) is 0 Å². The van der Waals surface area contributed by atoms with E-state index < -0.39 is 5.82 Å². The molecule has 0 N–H and O–H groups in total. The third-order valence-electron chi connectivity index (χ3n) is 4.12. The van der Waals surface area contributed by atoms with Crippen molar-refractivity contribution in [2.75, 3.05) is 11.4 Å². The van der Waals surface area contributed by atoms with Gasteiger partial charge in [-0.25, -0.2) is 14.4 Å². The fourth-order valence-electron chi connectivity index (χ4n) is 2.80. The van der Waals surface area contributed by atoms with Crippen molar-refractivity contribution in [2.24, 2.45) is 0 Å². The molecule has 26 heavy (non-hydrogen) atoms. The highest BCUT2D eigenvalue weighted by atomic mass is 19.1. The van der Waals surface area contributed by atoms with E-state index in [2.05, 4.69) is 15.1 Å². The molecule has 0 bridgehead atoms. The lowest BCUT2D eigenvalue weighted by atomic mass is 10.2. The van der Waals surface area contributed by atoms with Crippen molar-refractivity contribution in [3.8, 4) is 5.88 Å². The van der Waals surface area contributed by atoms with Gasteiger partial charge in [0.15, 0.2) is 0 Å². The molecule has 0 saturated heterocycles. The first-order chi connectivity index (χ1) is 12.6. The molecule has 0 unspecified atom stereocenters. The van der Waals surface area contributed by atoms with Crippen molar-refractivity contribution >= 4 is 11.7 Å². The molecule has 1 amide bonds. The number of aryl methyl sites for hydroxylation is 1. The summed E-state index contributed by atoms with van der Waals surface area (Å²) in [5, 5.41) is 4.41. The summed E-state index contributed by atoms with van der Waals surface area (Å²) in [6.07, 6.45) is 1.65. The number of hydrogen-bond acceptors (Lipinski definition) is 5. The normalized spacial score (nSPS) is 13.6. The van der Waals surface area contributed by atoms with Gasteiger partial charge in [-0.3, -0.25) is 14.4 Å². The Bertz CT molecular complexity index is 957. The van der Waals surface area contributed by atoms with Crippen LogP contribution >= 0.6 is 0 Å². The van der Waals surface area contributed by atoms with Crippen LogP contribution in [0.15, 0.2) is 42.6 Å². The molecule has 3 aromatic rings. The highest BCUT2D eigenvalue weighted by Crippen LogP contribution is 2.21. The van der Waals surface area contributed by atoms with Crippen LogP contribution in [-0.2, 0) is 13.2 Å². The molecular weight excluding hydrogens is 337 g/mol.